The summed E-state index contributed by atoms with van der Waals surface area (Å²) in [5.41, 5.74) is 1.02. The maximum Gasteiger partial charge on any atom is 0.244 e. The smallest absolute Gasteiger partial charge is 0.244 e. The van der Waals surface area contributed by atoms with Gasteiger partial charge in [0.2, 0.25) is 21.8 Å². The Morgan fingerprint density at radius 3 is 2.31 bits per heavy atom. The molecular weight excluding hydrogens is 600 g/mol. The van der Waals surface area contributed by atoms with Crippen LogP contribution in [0.25, 0.3) is 0 Å². The number of amides is 2. The lowest BCUT2D eigenvalue weighted by Gasteiger charge is -2.35. The summed E-state index contributed by atoms with van der Waals surface area (Å²) in [5, 5.41) is 3.42. The van der Waals surface area contributed by atoms with E-state index in [4.69, 9.17) is 23.2 Å². The number of sulfonamides is 1. The Morgan fingerprint density at radius 1 is 0.976 bits per heavy atom. The van der Waals surface area contributed by atoms with Crippen LogP contribution in [0.1, 0.15) is 43.2 Å². The van der Waals surface area contributed by atoms with Gasteiger partial charge in [-0.25, -0.2) is 12.8 Å². The molecule has 1 saturated carbocycles. The number of carbonyl (C=O) groups is 2. The number of anilines is 1. The van der Waals surface area contributed by atoms with Crippen molar-refractivity contribution in [2.45, 2.75) is 57.2 Å². The molecule has 1 atom stereocenters. The first kappa shape index (κ1) is 31.8. The van der Waals surface area contributed by atoms with Gasteiger partial charge in [-0.2, -0.15) is 0 Å². The highest BCUT2D eigenvalue weighted by Gasteiger charge is 2.35. The van der Waals surface area contributed by atoms with Crippen molar-refractivity contribution in [1.82, 2.24) is 10.2 Å². The van der Waals surface area contributed by atoms with Gasteiger partial charge in [-0.1, -0.05) is 91.0 Å². The van der Waals surface area contributed by atoms with Crippen molar-refractivity contribution in [3.05, 3.63) is 99.8 Å². The third-order valence-corrected chi connectivity index (χ3v) is 9.06. The minimum atomic E-state index is -4.03. The Balaban J connectivity index is 1.75. The Morgan fingerprint density at radius 2 is 1.64 bits per heavy atom. The Labute approximate surface area is 256 Å². The van der Waals surface area contributed by atoms with Crippen molar-refractivity contribution in [2.75, 3.05) is 17.1 Å². The molecule has 0 heterocycles. The van der Waals surface area contributed by atoms with E-state index in [0.717, 1.165) is 48.2 Å². The van der Waals surface area contributed by atoms with E-state index in [1.165, 1.54) is 41.3 Å². The summed E-state index contributed by atoms with van der Waals surface area (Å²) in [6.45, 7) is -0.919. The molecule has 11 heteroatoms. The number of halogens is 3. The molecule has 0 spiro atoms. The van der Waals surface area contributed by atoms with E-state index in [0.29, 0.717) is 0 Å². The first-order valence-corrected chi connectivity index (χ1v) is 16.4. The molecule has 0 saturated heterocycles. The summed E-state index contributed by atoms with van der Waals surface area (Å²) in [5.74, 6) is -1.61. The second-order valence-corrected chi connectivity index (χ2v) is 13.3. The van der Waals surface area contributed by atoms with Gasteiger partial charge in [0.1, 0.15) is 18.4 Å². The van der Waals surface area contributed by atoms with E-state index in [1.54, 1.807) is 6.07 Å². The highest BCUT2D eigenvalue weighted by Crippen LogP contribution is 2.31. The molecule has 224 valence electrons. The zero-order valence-corrected chi connectivity index (χ0v) is 25.6. The second kappa shape index (κ2) is 14.4. The van der Waals surface area contributed by atoms with Gasteiger partial charge in [0.25, 0.3) is 0 Å². The van der Waals surface area contributed by atoms with Gasteiger partial charge in [-0.15, -0.1) is 0 Å². The standard InChI is InChI=1S/C31H34Cl2FN3O4S/c1-42(40,41)37(28-19-24(32)16-17-26(28)33)21-30(38)36(20-23-12-8-9-15-27(23)34)29(18-22-10-4-2-5-11-22)31(39)35-25-13-6-3-7-14-25/h2,4-5,8-12,15-17,19,25,29H,3,6-7,13-14,18,20-21H2,1H3,(H,35,39)/t29-/m0/s1. The van der Waals surface area contributed by atoms with Gasteiger partial charge < -0.3 is 10.2 Å². The zero-order valence-electron chi connectivity index (χ0n) is 23.3. The Kier molecular flexibility index (Phi) is 10.9. The fourth-order valence-corrected chi connectivity index (χ4v) is 6.47. The molecule has 0 radical (unpaired) electrons. The van der Waals surface area contributed by atoms with Gasteiger partial charge in [0, 0.05) is 29.6 Å². The fourth-order valence-electron chi connectivity index (χ4n) is 5.18. The number of rotatable bonds is 11. The van der Waals surface area contributed by atoms with Crippen LogP contribution < -0.4 is 9.62 Å². The summed E-state index contributed by atoms with van der Waals surface area (Å²) in [7, 11) is -4.03. The van der Waals surface area contributed by atoms with Crippen LogP contribution in [0.2, 0.25) is 10.0 Å². The SMILES string of the molecule is CS(=O)(=O)N(CC(=O)N(Cc1ccccc1F)[C@@H](Cc1ccccc1)C(=O)NC1CCCCC1)c1cc(Cl)ccc1Cl. The number of carbonyl (C=O) groups excluding carboxylic acids is 2. The van der Waals surface area contributed by atoms with Crippen molar-refractivity contribution in [3.63, 3.8) is 0 Å². The molecule has 3 aromatic carbocycles. The molecule has 4 rings (SSSR count). The second-order valence-electron chi connectivity index (χ2n) is 10.5. The predicted octanol–water partition coefficient (Wildman–Crippen LogP) is 5.99. The first-order valence-electron chi connectivity index (χ1n) is 13.8. The van der Waals surface area contributed by atoms with Crippen LogP contribution in [-0.2, 0) is 32.6 Å². The largest absolute Gasteiger partial charge is 0.352 e. The molecule has 7 nitrogen and oxygen atoms in total. The van der Waals surface area contributed by atoms with E-state index in [1.807, 2.05) is 30.3 Å². The summed E-state index contributed by atoms with van der Waals surface area (Å²) < 4.78 is 41.6. The number of hydrogen-bond acceptors (Lipinski definition) is 4. The average molecular weight is 635 g/mol. The lowest BCUT2D eigenvalue weighted by molar-refractivity contribution is -0.140. The highest BCUT2D eigenvalue weighted by atomic mass is 35.5. The van der Waals surface area contributed by atoms with Crippen LogP contribution in [0.5, 0.6) is 0 Å². The van der Waals surface area contributed by atoms with Crippen molar-refractivity contribution in [1.29, 1.82) is 0 Å². The lowest BCUT2D eigenvalue weighted by Crippen LogP contribution is -2.55. The van der Waals surface area contributed by atoms with E-state index in [-0.39, 0.29) is 46.2 Å². The Hall–Kier alpha value is -3.14. The molecule has 1 aliphatic rings. The summed E-state index contributed by atoms with van der Waals surface area (Å²) in [6, 6.07) is 18.4. The zero-order chi connectivity index (χ0) is 30.3. The minimum Gasteiger partial charge on any atom is -0.352 e. The van der Waals surface area contributed by atoms with Crippen LogP contribution >= 0.6 is 23.2 Å². The molecular formula is C31H34Cl2FN3O4S. The summed E-state index contributed by atoms with van der Waals surface area (Å²) >= 11 is 12.5. The maximum atomic E-state index is 14.9. The molecule has 1 aliphatic carbocycles. The van der Waals surface area contributed by atoms with Crippen LogP contribution in [0, 0.1) is 5.82 Å². The first-order chi connectivity index (χ1) is 20.0. The average Bonchev–Trinajstić information content (AvgIpc) is 2.96. The van der Waals surface area contributed by atoms with Gasteiger partial charge in [0.05, 0.1) is 17.0 Å². The van der Waals surface area contributed by atoms with Gasteiger partial charge >= 0.3 is 0 Å². The molecule has 1 N–H and O–H groups in total. The fraction of sp³-hybridized carbons (Fsp3) is 0.355. The van der Waals surface area contributed by atoms with E-state index >= 15 is 0 Å². The number of nitrogens with one attached hydrogen (secondary N) is 1. The third kappa shape index (κ3) is 8.46. The van der Waals surface area contributed by atoms with Crippen LogP contribution in [-0.4, -0.2) is 50.0 Å². The van der Waals surface area contributed by atoms with E-state index in [9.17, 15) is 22.4 Å². The van der Waals surface area contributed by atoms with Gasteiger partial charge in [-0.05, 0) is 42.7 Å². The molecule has 0 aromatic heterocycles. The number of nitrogens with zero attached hydrogens (tertiary/aromatic N) is 2. The lowest BCUT2D eigenvalue weighted by atomic mass is 9.94. The topological polar surface area (TPSA) is 86.8 Å². The highest BCUT2D eigenvalue weighted by molar-refractivity contribution is 7.92. The third-order valence-electron chi connectivity index (χ3n) is 7.38. The monoisotopic (exact) mass is 633 g/mol. The summed E-state index contributed by atoms with van der Waals surface area (Å²) in [6.07, 6.45) is 5.86. The molecule has 2 amide bonds. The van der Waals surface area contributed by atoms with E-state index < -0.39 is 34.3 Å². The summed E-state index contributed by atoms with van der Waals surface area (Å²) in [4.78, 5) is 29.3. The van der Waals surface area contributed by atoms with Gasteiger partial charge in [0.15, 0.2) is 0 Å². The maximum absolute atomic E-state index is 14.9. The van der Waals surface area contributed by atoms with Crippen LogP contribution in [0.4, 0.5) is 10.1 Å². The predicted molar refractivity (Wildman–Crippen MR) is 165 cm³/mol. The molecule has 42 heavy (non-hydrogen) atoms. The normalized spacial score (nSPS) is 14.7. The van der Waals surface area contributed by atoms with Crippen molar-refractivity contribution < 1.29 is 22.4 Å². The molecule has 3 aromatic rings. The van der Waals surface area contributed by atoms with Crippen molar-refractivity contribution in [3.8, 4) is 0 Å². The number of benzene rings is 3. The van der Waals surface area contributed by atoms with E-state index in [2.05, 4.69) is 5.32 Å². The van der Waals surface area contributed by atoms with Crippen LogP contribution in [0.3, 0.4) is 0 Å². The van der Waals surface area contributed by atoms with Crippen LogP contribution in [0.15, 0.2) is 72.8 Å². The molecule has 1 fully saturated rings. The molecule has 0 bridgehead atoms. The van der Waals surface area contributed by atoms with Crippen molar-refractivity contribution in [2.24, 2.45) is 0 Å². The molecule has 0 aliphatic heterocycles. The van der Waals surface area contributed by atoms with Gasteiger partial charge in [-0.3, -0.25) is 13.9 Å². The molecule has 0 unspecified atom stereocenters. The van der Waals surface area contributed by atoms with Crippen molar-refractivity contribution >= 4 is 50.7 Å². The minimum absolute atomic E-state index is 0.0251. The quantitative estimate of drug-likeness (QED) is 0.281. The Bertz CT molecular complexity index is 1500. The number of hydrogen-bond donors (Lipinski definition) is 1.